The van der Waals surface area contributed by atoms with Crippen LogP contribution >= 0.6 is 0 Å². The Morgan fingerprint density at radius 2 is 2.26 bits per heavy atom. The summed E-state index contributed by atoms with van der Waals surface area (Å²) in [5.41, 5.74) is 5.07. The Kier molecular flexibility index (Phi) is 5.95. The molecule has 0 fully saturated rings. The molecule has 0 aliphatic rings. The molecule has 0 bridgehead atoms. The zero-order chi connectivity index (χ0) is 19.4. The van der Waals surface area contributed by atoms with E-state index in [1.165, 1.54) is 0 Å². The normalized spacial score (nSPS) is 13.3. The summed E-state index contributed by atoms with van der Waals surface area (Å²) in [4.78, 5) is 7.71. The first kappa shape index (κ1) is 19.2. The Bertz CT molecular complexity index is 909. The summed E-state index contributed by atoms with van der Waals surface area (Å²) in [6.45, 7) is 2.00. The lowest BCUT2D eigenvalue weighted by molar-refractivity contribution is 0.00511. The molecule has 3 aromatic rings. The van der Waals surface area contributed by atoms with Gasteiger partial charge in [0.25, 0.3) is 0 Å². The number of nitrogens with one attached hydrogen (secondary N) is 1. The minimum Gasteiger partial charge on any atom is -0.499 e. The van der Waals surface area contributed by atoms with Gasteiger partial charge in [0.15, 0.2) is 0 Å². The van der Waals surface area contributed by atoms with Crippen LogP contribution in [0.2, 0.25) is 0 Å². The van der Waals surface area contributed by atoms with Crippen LogP contribution < -0.4 is 0 Å². The number of nitrogens with zero attached hydrogens (tertiary/aromatic N) is 2. The maximum absolute atomic E-state index is 9.36. The number of rotatable bonds is 8. The number of methoxy groups -OCH3 is 1. The van der Waals surface area contributed by atoms with Gasteiger partial charge in [0.2, 0.25) is 0 Å². The summed E-state index contributed by atoms with van der Waals surface area (Å²) in [5.74, 6) is 0.634. The first-order valence-electron chi connectivity index (χ1n) is 8.74. The summed E-state index contributed by atoms with van der Waals surface area (Å²) in [6.07, 6.45) is 4.87. The van der Waals surface area contributed by atoms with Crippen LogP contribution in [-0.2, 0) is 16.5 Å². The molecule has 3 aromatic heterocycles. The highest BCUT2D eigenvalue weighted by Gasteiger charge is 2.14. The van der Waals surface area contributed by atoms with Gasteiger partial charge in [0, 0.05) is 47.9 Å². The largest absolute Gasteiger partial charge is 0.499 e. The van der Waals surface area contributed by atoms with Gasteiger partial charge in [0.1, 0.15) is 24.1 Å². The van der Waals surface area contributed by atoms with Crippen molar-refractivity contribution in [3.05, 3.63) is 47.6 Å². The zero-order valence-electron chi connectivity index (χ0n) is 15.8. The minimum atomic E-state index is -0.887. The molecule has 27 heavy (non-hydrogen) atoms. The molecule has 0 spiro atoms. The summed E-state index contributed by atoms with van der Waals surface area (Å²) in [5, 5.41) is 19.3. The highest BCUT2D eigenvalue weighted by atomic mass is 16.5. The topological polar surface area (TPSA) is 92.5 Å². The summed E-state index contributed by atoms with van der Waals surface area (Å²) in [6, 6.07) is 6.04. The quantitative estimate of drug-likeness (QED) is 0.528. The molecule has 7 nitrogen and oxygen atoms in total. The van der Waals surface area contributed by atoms with E-state index in [9.17, 15) is 5.11 Å². The van der Waals surface area contributed by atoms with Crippen molar-refractivity contribution in [2.75, 3.05) is 26.9 Å². The Morgan fingerprint density at radius 3 is 2.96 bits per heavy atom. The molecule has 0 amide bonds. The molecular weight excluding hydrogens is 346 g/mol. The maximum Gasteiger partial charge on any atom is 0.137 e. The molecule has 1 unspecified atom stereocenters. The molecular formula is C20H25N3O4. The lowest BCUT2D eigenvalue weighted by atomic mass is 10.1. The molecule has 144 valence electrons. The second-order valence-electron chi connectivity index (χ2n) is 6.45. The average molecular weight is 371 g/mol. The number of H-pyrrole nitrogens is 1. The lowest BCUT2D eigenvalue weighted by Gasteiger charge is -2.11. The van der Waals surface area contributed by atoms with Crippen LogP contribution in [0, 0.1) is 6.92 Å². The van der Waals surface area contributed by atoms with Gasteiger partial charge < -0.3 is 29.2 Å². The Morgan fingerprint density at radius 1 is 1.44 bits per heavy atom. The SMILES string of the molecule is CO/C(=C/c1c(C)c(-c2cc3cccnc3[nH]2)cn1C)COCC(O)CO. The van der Waals surface area contributed by atoms with E-state index in [2.05, 4.69) is 29.2 Å². The second-order valence-corrected chi connectivity index (χ2v) is 6.45. The van der Waals surface area contributed by atoms with Crippen molar-refractivity contribution < 1.29 is 19.7 Å². The first-order valence-corrected chi connectivity index (χ1v) is 8.74. The number of hydrogen-bond acceptors (Lipinski definition) is 5. The molecule has 0 aromatic carbocycles. The van der Waals surface area contributed by atoms with Crippen molar-refractivity contribution >= 4 is 17.1 Å². The summed E-state index contributed by atoms with van der Waals surface area (Å²) in [7, 11) is 3.56. The van der Waals surface area contributed by atoms with Crippen LogP contribution in [-0.4, -0.2) is 57.8 Å². The Hall–Kier alpha value is -2.61. The van der Waals surface area contributed by atoms with E-state index in [-0.39, 0.29) is 19.8 Å². The van der Waals surface area contributed by atoms with E-state index < -0.39 is 6.10 Å². The van der Waals surface area contributed by atoms with Crippen LogP contribution in [0.15, 0.2) is 36.4 Å². The molecule has 3 rings (SSSR count). The monoisotopic (exact) mass is 371 g/mol. The van der Waals surface area contributed by atoms with Crippen molar-refractivity contribution in [1.82, 2.24) is 14.5 Å². The van der Waals surface area contributed by atoms with Gasteiger partial charge in [-0.1, -0.05) is 0 Å². The number of ether oxygens (including phenoxy) is 2. The number of aliphatic hydroxyl groups excluding tert-OH is 2. The smallest absolute Gasteiger partial charge is 0.137 e. The molecule has 0 saturated carbocycles. The fourth-order valence-corrected chi connectivity index (χ4v) is 3.01. The third-order valence-electron chi connectivity index (χ3n) is 4.50. The second kappa shape index (κ2) is 8.39. The molecule has 0 aliphatic carbocycles. The van der Waals surface area contributed by atoms with Gasteiger partial charge in [-0.2, -0.15) is 0 Å². The lowest BCUT2D eigenvalue weighted by Crippen LogP contribution is -2.20. The average Bonchev–Trinajstić information content (AvgIpc) is 3.22. The van der Waals surface area contributed by atoms with Crippen LogP contribution in [0.5, 0.6) is 0 Å². The number of pyridine rings is 1. The fourth-order valence-electron chi connectivity index (χ4n) is 3.01. The minimum absolute atomic E-state index is 0.0522. The van der Waals surface area contributed by atoms with E-state index >= 15 is 0 Å². The van der Waals surface area contributed by atoms with E-state index in [0.29, 0.717) is 5.76 Å². The fraction of sp³-hybridized carbons (Fsp3) is 0.350. The van der Waals surface area contributed by atoms with Gasteiger partial charge in [-0.15, -0.1) is 0 Å². The molecule has 3 N–H and O–H groups in total. The van der Waals surface area contributed by atoms with Gasteiger partial charge in [-0.25, -0.2) is 4.98 Å². The van der Waals surface area contributed by atoms with Gasteiger partial charge >= 0.3 is 0 Å². The zero-order valence-corrected chi connectivity index (χ0v) is 15.8. The highest BCUT2D eigenvalue weighted by molar-refractivity contribution is 5.84. The number of hydrogen-bond donors (Lipinski definition) is 3. The third-order valence-corrected chi connectivity index (χ3v) is 4.50. The molecule has 1 atom stereocenters. The summed E-state index contributed by atoms with van der Waals surface area (Å²) < 4.78 is 12.8. The Labute approximate surface area is 157 Å². The van der Waals surface area contributed by atoms with Crippen molar-refractivity contribution in [3.63, 3.8) is 0 Å². The molecule has 0 aliphatic heterocycles. The number of fused-ring (bicyclic) bond motifs is 1. The number of aromatic nitrogens is 3. The standard InChI is InChI=1S/C20H25N3O4/c1-13-17(18-7-14-5-4-6-21-20(14)22-18)9-23(2)19(13)8-16(26-3)12-27-11-15(25)10-24/h4-9,15,24-25H,10-12H2,1-3H3,(H,21,22)/b16-8+. The van der Waals surface area contributed by atoms with Crippen molar-refractivity contribution in [1.29, 1.82) is 0 Å². The van der Waals surface area contributed by atoms with Crippen LogP contribution in [0.4, 0.5) is 0 Å². The predicted molar refractivity (Wildman–Crippen MR) is 104 cm³/mol. The van der Waals surface area contributed by atoms with Crippen LogP contribution in [0.25, 0.3) is 28.4 Å². The van der Waals surface area contributed by atoms with Gasteiger partial charge in [-0.05, 0) is 30.7 Å². The summed E-state index contributed by atoms with van der Waals surface area (Å²) >= 11 is 0. The number of aliphatic hydroxyl groups is 2. The van der Waals surface area contributed by atoms with Crippen molar-refractivity contribution in [2.24, 2.45) is 7.05 Å². The molecule has 0 radical (unpaired) electrons. The number of aryl methyl sites for hydroxylation is 1. The van der Waals surface area contributed by atoms with Crippen molar-refractivity contribution in [3.8, 4) is 11.3 Å². The van der Waals surface area contributed by atoms with Crippen molar-refractivity contribution in [2.45, 2.75) is 13.0 Å². The predicted octanol–water partition coefficient (Wildman–Crippen LogP) is 2.23. The van der Waals surface area contributed by atoms with Gasteiger partial charge in [-0.3, -0.25) is 0 Å². The molecule has 3 heterocycles. The molecule has 0 saturated heterocycles. The van der Waals surface area contributed by atoms with Crippen LogP contribution in [0.1, 0.15) is 11.3 Å². The Balaban J connectivity index is 1.86. The van der Waals surface area contributed by atoms with Crippen LogP contribution in [0.3, 0.4) is 0 Å². The van der Waals surface area contributed by atoms with Gasteiger partial charge in [0.05, 0.1) is 20.3 Å². The molecule has 7 heteroatoms. The van der Waals surface area contributed by atoms with E-state index in [4.69, 9.17) is 14.6 Å². The maximum atomic E-state index is 9.36. The van der Waals surface area contributed by atoms with E-state index in [1.54, 1.807) is 13.3 Å². The van der Waals surface area contributed by atoms with E-state index in [0.717, 1.165) is 33.5 Å². The van der Waals surface area contributed by atoms with E-state index in [1.807, 2.05) is 29.8 Å². The third kappa shape index (κ3) is 4.21. The first-order chi connectivity index (χ1) is 13.0. The highest BCUT2D eigenvalue weighted by Crippen LogP contribution is 2.30. The number of aromatic amines is 1.